The molecule has 0 spiro atoms. The monoisotopic (exact) mass is 192 g/mol. The quantitative estimate of drug-likeness (QED) is 0.499. The van der Waals surface area contributed by atoms with Gasteiger partial charge in [0.25, 0.3) is 0 Å². The van der Waals surface area contributed by atoms with Gasteiger partial charge in [-0.3, -0.25) is 0 Å². The van der Waals surface area contributed by atoms with Gasteiger partial charge in [0.15, 0.2) is 15.7 Å². The maximum Gasteiger partial charge on any atom is 0.249 e. The predicted octanol–water partition coefficient (Wildman–Crippen LogP) is 0.123. The van der Waals surface area contributed by atoms with Gasteiger partial charge >= 0.3 is 0 Å². The number of hydrogen-bond acceptors (Lipinski definition) is 3. The second-order valence-corrected chi connectivity index (χ2v) is 5.83. The second-order valence-electron chi connectivity index (χ2n) is 1.32. The molecule has 0 saturated carbocycles. The van der Waals surface area contributed by atoms with Crippen molar-refractivity contribution < 1.29 is 17.2 Å². The minimum absolute atomic E-state index is 1.05. The molecule has 0 aromatic rings. The molecule has 1 N–H and O–H groups in total. The molecule has 56 valence electrons. The Morgan fingerprint density at radius 1 is 1.67 bits per heavy atom. The number of rotatable bonds is 2. The van der Waals surface area contributed by atoms with Crippen molar-refractivity contribution in [3.63, 3.8) is 0 Å². The summed E-state index contributed by atoms with van der Waals surface area (Å²) in [6.45, 7) is 1.05. The van der Waals surface area contributed by atoms with Crippen molar-refractivity contribution in [3.05, 3.63) is 0 Å². The lowest BCUT2D eigenvalue weighted by Gasteiger charge is -1.98. The van der Waals surface area contributed by atoms with Gasteiger partial charge in [0, 0.05) is 10.7 Å². The van der Waals surface area contributed by atoms with E-state index >= 15 is 0 Å². The molecule has 0 saturated heterocycles. The van der Waals surface area contributed by atoms with Crippen LogP contribution in [0.3, 0.4) is 0 Å². The Morgan fingerprint density at radius 3 is 2.00 bits per heavy atom. The predicted molar refractivity (Wildman–Crippen MR) is 35.0 cm³/mol. The SMILES string of the molecule is CC(S(=O)O)S(=O)(=O)Cl. The Labute approximate surface area is 59.9 Å². The Hall–Kier alpha value is 0.350. The molecule has 2 atom stereocenters. The van der Waals surface area contributed by atoms with Crippen LogP contribution < -0.4 is 0 Å². The van der Waals surface area contributed by atoms with E-state index in [9.17, 15) is 12.6 Å². The summed E-state index contributed by atoms with van der Waals surface area (Å²) in [5.41, 5.74) is 0. The maximum atomic E-state index is 10.2. The van der Waals surface area contributed by atoms with Gasteiger partial charge in [-0.1, -0.05) is 0 Å². The zero-order valence-corrected chi connectivity index (χ0v) is 6.83. The molecule has 0 aromatic carbocycles. The van der Waals surface area contributed by atoms with Crippen LogP contribution in [0.15, 0.2) is 0 Å². The molecule has 0 fully saturated rings. The lowest BCUT2D eigenvalue weighted by molar-refractivity contribution is 0.557. The van der Waals surface area contributed by atoms with Crippen molar-refractivity contribution in [3.8, 4) is 0 Å². The van der Waals surface area contributed by atoms with E-state index in [-0.39, 0.29) is 0 Å². The van der Waals surface area contributed by atoms with Crippen LogP contribution in [0.5, 0.6) is 0 Å². The zero-order chi connectivity index (χ0) is 7.65. The van der Waals surface area contributed by atoms with Crippen LogP contribution in [0.2, 0.25) is 0 Å². The lowest BCUT2D eigenvalue weighted by Crippen LogP contribution is -2.16. The van der Waals surface area contributed by atoms with Crippen LogP contribution in [0, 0.1) is 0 Å². The molecule has 0 aromatic heterocycles. The standard InChI is InChI=1S/C2H5ClO4S2/c1-2(8(4)5)9(3,6)7/h2H,1H3,(H,4,5). The third kappa shape index (κ3) is 3.14. The third-order valence-electron chi connectivity index (χ3n) is 0.680. The summed E-state index contributed by atoms with van der Waals surface area (Å²) in [6, 6.07) is 0. The summed E-state index contributed by atoms with van der Waals surface area (Å²) in [5.74, 6) is 0. The summed E-state index contributed by atoms with van der Waals surface area (Å²) in [6.07, 6.45) is 0. The van der Waals surface area contributed by atoms with E-state index in [1.807, 2.05) is 0 Å². The largest absolute Gasteiger partial charge is 0.305 e. The van der Waals surface area contributed by atoms with Crippen molar-refractivity contribution in [2.75, 3.05) is 0 Å². The van der Waals surface area contributed by atoms with Gasteiger partial charge in [-0.2, -0.15) is 0 Å². The first kappa shape index (κ1) is 9.35. The molecule has 0 amide bonds. The average molecular weight is 193 g/mol. The first-order valence-electron chi connectivity index (χ1n) is 1.89. The molecule has 0 aliphatic carbocycles. The molecular weight excluding hydrogens is 188 g/mol. The summed E-state index contributed by atoms with van der Waals surface area (Å²) in [4.78, 5) is 0. The molecule has 0 bridgehead atoms. The van der Waals surface area contributed by atoms with Crippen LogP contribution in [0.4, 0.5) is 0 Å². The van der Waals surface area contributed by atoms with E-state index in [0.717, 1.165) is 6.92 Å². The molecule has 4 nitrogen and oxygen atoms in total. The van der Waals surface area contributed by atoms with Gasteiger partial charge in [-0.25, -0.2) is 12.6 Å². The van der Waals surface area contributed by atoms with E-state index in [1.54, 1.807) is 0 Å². The van der Waals surface area contributed by atoms with Crippen molar-refractivity contribution in [2.45, 2.75) is 11.5 Å². The third-order valence-corrected chi connectivity index (χ3v) is 4.41. The summed E-state index contributed by atoms with van der Waals surface area (Å²) < 4.78 is 37.1. The van der Waals surface area contributed by atoms with Crippen molar-refractivity contribution in [1.82, 2.24) is 0 Å². The van der Waals surface area contributed by atoms with Gasteiger partial charge < -0.3 is 4.55 Å². The minimum atomic E-state index is -3.88. The summed E-state index contributed by atoms with van der Waals surface area (Å²) >= 11 is -2.40. The van der Waals surface area contributed by atoms with E-state index in [2.05, 4.69) is 0 Å². The van der Waals surface area contributed by atoms with E-state index in [1.165, 1.54) is 0 Å². The van der Waals surface area contributed by atoms with E-state index in [0.29, 0.717) is 0 Å². The van der Waals surface area contributed by atoms with E-state index in [4.69, 9.17) is 15.2 Å². The Morgan fingerprint density at radius 2 is 2.00 bits per heavy atom. The highest BCUT2D eigenvalue weighted by molar-refractivity contribution is 8.20. The normalized spacial score (nSPS) is 19.0. The van der Waals surface area contributed by atoms with Crippen LogP contribution in [-0.4, -0.2) is 21.8 Å². The number of hydrogen-bond donors (Lipinski definition) is 1. The first-order chi connectivity index (χ1) is 3.85. The minimum Gasteiger partial charge on any atom is -0.305 e. The zero-order valence-electron chi connectivity index (χ0n) is 4.44. The number of halogens is 1. The Bertz CT molecular complexity index is 207. The topological polar surface area (TPSA) is 71.4 Å². The van der Waals surface area contributed by atoms with Crippen molar-refractivity contribution in [1.29, 1.82) is 0 Å². The molecule has 9 heavy (non-hydrogen) atoms. The van der Waals surface area contributed by atoms with Gasteiger partial charge in [0.05, 0.1) is 0 Å². The molecule has 0 rings (SSSR count). The molecule has 7 heteroatoms. The Balaban J connectivity index is 4.43. The molecule has 0 radical (unpaired) electrons. The lowest BCUT2D eigenvalue weighted by atomic mass is 11.0. The maximum absolute atomic E-state index is 10.2. The first-order valence-corrected chi connectivity index (χ1v) is 5.43. The highest BCUT2D eigenvalue weighted by Crippen LogP contribution is 2.08. The van der Waals surface area contributed by atoms with Crippen molar-refractivity contribution in [2.24, 2.45) is 0 Å². The molecule has 0 aliphatic rings. The Kier molecular flexibility index (Phi) is 3.07. The molecular formula is C2H5ClO4S2. The van der Waals surface area contributed by atoms with Gasteiger partial charge in [0.2, 0.25) is 9.05 Å². The fourth-order valence-corrected chi connectivity index (χ4v) is 1.44. The van der Waals surface area contributed by atoms with Gasteiger partial charge in [-0.05, 0) is 6.92 Å². The van der Waals surface area contributed by atoms with Gasteiger partial charge in [-0.15, -0.1) is 0 Å². The average Bonchev–Trinajstić information content (AvgIpc) is 1.62. The van der Waals surface area contributed by atoms with Crippen LogP contribution in [0.1, 0.15) is 6.92 Å². The van der Waals surface area contributed by atoms with E-state index < -0.39 is 24.7 Å². The van der Waals surface area contributed by atoms with Gasteiger partial charge in [0.1, 0.15) is 0 Å². The van der Waals surface area contributed by atoms with Crippen LogP contribution >= 0.6 is 10.7 Å². The summed E-state index contributed by atoms with van der Waals surface area (Å²) in [5, 5.41) is 0. The highest BCUT2D eigenvalue weighted by Gasteiger charge is 2.22. The molecule has 0 aliphatic heterocycles. The summed E-state index contributed by atoms with van der Waals surface area (Å²) in [7, 11) is 0.818. The fourth-order valence-electron chi connectivity index (χ4n) is 0.0983. The highest BCUT2D eigenvalue weighted by atomic mass is 35.7. The van der Waals surface area contributed by atoms with Crippen LogP contribution in [0.25, 0.3) is 0 Å². The molecule has 2 unspecified atom stereocenters. The second kappa shape index (κ2) is 2.96. The molecule has 0 heterocycles. The van der Waals surface area contributed by atoms with Crippen LogP contribution in [-0.2, 0) is 20.1 Å². The smallest absolute Gasteiger partial charge is 0.249 e. The fraction of sp³-hybridized carbons (Fsp3) is 1.00. The van der Waals surface area contributed by atoms with Crippen molar-refractivity contribution >= 4 is 30.8 Å².